The summed E-state index contributed by atoms with van der Waals surface area (Å²) in [4.78, 5) is 0. The van der Waals surface area contributed by atoms with Gasteiger partial charge in [0.2, 0.25) is 0 Å². The van der Waals surface area contributed by atoms with E-state index in [-0.39, 0.29) is 0 Å². The molecule has 0 saturated carbocycles. The van der Waals surface area contributed by atoms with Crippen molar-refractivity contribution in [3.63, 3.8) is 0 Å². The number of hydrogen-bond donors (Lipinski definition) is 0. The molecule has 0 unspecified atom stereocenters. The molecule has 4 heteroatoms. The van der Waals surface area contributed by atoms with Gasteiger partial charge < -0.3 is 0 Å². The van der Waals surface area contributed by atoms with Crippen LogP contribution in [0.4, 0.5) is 0 Å². The number of rotatable bonds is 24. The Morgan fingerprint density at radius 2 is 0.750 bits per heavy atom. The lowest BCUT2D eigenvalue weighted by molar-refractivity contribution is 0.563. The first-order valence-corrected chi connectivity index (χ1v) is 15.6. The van der Waals surface area contributed by atoms with Crippen molar-refractivity contribution >= 4 is 23.5 Å². The van der Waals surface area contributed by atoms with Crippen LogP contribution in [0.1, 0.15) is 142 Å². The third-order valence-electron chi connectivity index (χ3n) is 5.89. The van der Waals surface area contributed by atoms with Gasteiger partial charge in [0, 0.05) is 0 Å². The molecule has 0 atom stereocenters. The first-order valence-electron chi connectivity index (χ1n) is 13.6. The van der Waals surface area contributed by atoms with E-state index >= 15 is 0 Å². The fourth-order valence-corrected chi connectivity index (χ4v) is 6.18. The summed E-state index contributed by atoms with van der Waals surface area (Å²) in [6.45, 7) is 4.54. The molecule has 0 spiro atoms. The van der Waals surface area contributed by atoms with E-state index in [9.17, 15) is 10.5 Å². The molecule has 2 nitrogen and oxygen atoms in total. The second-order valence-electron chi connectivity index (χ2n) is 8.95. The molecule has 184 valence electrons. The summed E-state index contributed by atoms with van der Waals surface area (Å²) in [6.07, 6.45) is 26.8. The van der Waals surface area contributed by atoms with E-state index in [4.69, 9.17) is 0 Å². The average Bonchev–Trinajstić information content (AvgIpc) is 2.81. The van der Waals surface area contributed by atoms with Crippen molar-refractivity contribution in [3.05, 3.63) is 9.81 Å². The van der Waals surface area contributed by atoms with E-state index in [1.807, 2.05) is 0 Å². The van der Waals surface area contributed by atoms with Gasteiger partial charge in [-0.2, -0.15) is 10.5 Å². The highest BCUT2D eigenvalue weighted by Gasteiger charge is 2.08. The van der Waals surface area contributed by atoms with Crippen LogP contribution >= 0.6 is 23.5 Å². The van der Waals surface area contributed by atoms with Crippen molar-refractivity contribution in [2.45, 2.75) is 142 Å². The Hall–Kier alpha value is -0.580. The summed E-state index contributed by atoms with van der Waals surface area (Å²) in [5, 5.41) is 18.6. The molecule has 0 aliphatic heterocycles. The fraction of sp³-hybridized carbons (Fsp3) is 0.857. The lowest BCUT2D eigenvalue weighted by Crippen LogP contribution is -1.89. The molecule has 0 radical (unpaired) electrons. The maximum absolute atomic E-state index is 9.29. The number of nitrogens with zero attached hydrogens (tertiary/aromatic N) is 2. The van der Waals surface area contributed by atoms with Gasteiger partial charge in [0.05, 0.1) is 4.24 Å². The van der Waals surface area contributed by atoms with Crippen molar-refractivity contribution in [3.8, 4) is 12.1 Å². The molecule has 0 amide bonds. The third-order valence-corrected chi connectivity index (χ3v) is 8.52. The second kappa shape index (κ2) is 26.7. The van der Waals surface area contributed by atoms with Crippen LogP contribution < -0.4 is 0 Å². The minimum atomic E-state index is 0.319. The minimum Gasteiger partial charge on any atom is -0.192 e. The standard InChI is InChI=1S/C28H50N2S2/c1-3-5-7-9-11-13-15-17-19-21-23-31-28(27(25-29)26-30)32-24-22-20-18-16-14-12-10-8-6-4-2/h3-24H2,1-2H3. The van der Waals surface area contributed by atoms with E-state index in [1.54, 1.807) is 23.5 Å². The molecule has 0 bridgehead atoms. The Morgan fingerprint density at radius 3 is 1.03 bits per heavy atom. The quantitative estimate of drug-likeness (QED) is 0.102. The van der Waals surface area contributed by atoms with Crippen molar-refractivity contribution in [1.82, 2.24) is 0 Å². The molecule has 0 saturated heterocycles. The predicted octanol–water partition coefficient (Wildman–Crippen LogP) is 10.6. The molecule has 0 aromatic carbocycles. The zero-order chi connectivity index (χ0) is 23.5. The van der Waals surface area contributed by atoms with E-state index in [0.29, 0.717) is 5.57 Å². The highest BCUT2D eigenvalue weighted by molar-refractivity contribution is 8.22. The van der Waals surface area contributed by atoms with Gasteiger partial charge in [0.15, 0.2) is 0 Å². The first kappa shape index (κ1) is 31.4. The van der Waals surface area contributed by atoms with Crippen LogP contribution in [0.5, 0.6) is 0 Å². The minimum absolute atomic E-state index is 0.319. The summed E-state index contributed by atoms with van der Waals surface area (Å²) >= 11 is 3.47. The third kappa shape index (κ3) is 21.3. The van der Waals surface area contributed by atoms with E-state index < -0.39 is 0 Å². The van der Waals surface area contributed by atoms with Gasteiger partial charge in [-0.15, -0.1) is 23.5 Å². The van der Waals surface area contributed by atoms with Crippen LogP contribution in [0.25, 0.3) is 0 Å². The van der Waals surface area contributed by atoms with Crippen molar-refractivity contribution in [1.29, 1.82) is 10.5 Å². The van der Waals surface area contributed by atoms with Gasteiger partial charge in [-0.3, -0.25) is 0 Å². The van der Waals surface area contributed by atoms with E-state index in [0.717, 1.165) is 15.7 Å². The molecule has 0 aliphatic carbocycles. The largest absolute Gasteiger partial charge is 0.192 e. The van der Waals surface area contributed by atoms with Gasteiger partial charge in [0.1, 0.15) is 17.7 Å². The van der Waals surface area contributed by atoms with E-state index in [2.05, 4.69) is 26.0 Å². The lowest BCUT2D eigenvalue weighted by atomic mass is 10.1. The highest BCUT2D eigenvalue weighted by atomic mass is 32.2. The number of hydrogen-bond acceptors (Lipinski definition) is 4. The van der Waals surface area contributed by atoms with Crippen LogP contribution in [-0.4, -0.2) is 11.5 Å². The van der Waals surface area contributed by atoms with Crippen LogP contribution in [-0.2, 0) is 0 Å². The maximum Gasteiger partial charge on any atom is 0.149 e. The molecule has 0 N–H and O–H groups in total. The average molecular weight is 479 g/mol. The predicted molar refractivity (Wildman–Crippen MR) is 147 cm³/mol. The zero-order valence-corrected chi connectivity index (χ0v) is 22.9. The van der Waals surface area contributed by atoms with Crippen molar-refractivity contribution < 1.29 is 0 Å². The lowest BCUT2D eigenvalue weighted by Gasteiger charge is -2.08. The molecule has 0 aliphatic rings. The molecule has 32 heavy (non-hydrogen) atoms. The summed E-state index contributed by atoms with van der Waals surface area (Å²) in [5.41, 5.74) is 0.319. The molecule has 0 rings (SSSR count). The Labute approximate surface area is 209 Å². The van der Waals surface area contributed by atoms with Gasteiger partial charge >= 0.3 is 0 Å². The Morgan fingerprint density at radius 1 is 0.469 bits per heavy atom. The molecular formula is C28H50N2S2. The molecule has 0 heterocycles. The van der Waals surface area contributed by atoms with Crippen molar-refractivity contribution in [2.75, 3.05) is 11.5 Å². The molecular weight excluding hydrogens is 428 g/mol. The van der Waals surface area contributed by atoms with Crippen LogP contribution in [0.2, 0.25) is 0 Å². The van der Waals surface area contributed by atoms with Gasteiger partial charge in [-0.1, -0.05) is 129 Å². The monoisotopic (exact) mass is 478 g/mol. The topological polar surface area (TPSA) is 47.6 Å². The van der Waals surface area contributed by atoms with Gasteiger partial charge in [-0.05, 0) is 24.3 Å². The SMILES string of the molecule is CCCCCCCCCCCCSC(SCCCCCCCCCCCC)=C(C#N)C#N. The Balaban J connectivity index is 3.79. The number of nitriles is 2. The number of allylic oxidation sites excluding steroid dienone is 1. The van der Waals surface area contributed by atoms with E-state index in [1.165, 1.54) is 128 Å². The second-order valence-corrected chi connectivity index (χ2v) is 11.4. The fourth-order valence-electron chi connectivity index (χ4n) is 3.81. The summed E-state index contributed by atoms with van der Waals surface area (Å²) in [6, 6.07) is 4.22. The van der Waals surface area contributed by atoms with Crippen molar-refractivity contribution in [2.24, 2.45) is 0 Å². The normalized spacial score (nSPS) is 10.6. The zero-order valence-electron chi connectivity index (χ0n) is 21.3. The summed E-state index contributed by atoms with van der Waals surface area (Å²) < 4.78 is 0.960. The summed E-state index contributed by atoms with van der Waals surface area (Å²) in [5.74, 6) is 2.06. The van der Waals surface area contributed by atoms with Gasteiger partial charge in [0.25, 0.3) is 0 Å². The van der Waals surface area contributed by atoms with Crippen LogP contribution in [0.15, 0.2) is 9.81 Å². The summed E-state index contributed by atoms with van der Waals surface area (Å²) in [7, 11) is 0. The molecule has 0 fully saturated rings. The number of unbranched alkanes of at least 4 members (excludes halogenated alkanes) is 18. The first-order chi connectivity index (χ1) is 15.8. The molecule has 0 aromatic rings. The van der Waals surface area contributed by atoms with Crippen LogP contribution in [0.3, 0.4) is 0 Å². The highest BCUT2D eigenvalue weighted by Crippen LogP contribution is 2.33. The Bertz CT molecular complexity index is 473. The Kier molecular flexibility index (Phi) is 26.2. The van der Waals surface area contributed by atoms with Gasteiger partial charge in [-0.25, -0.2) is 0 Å². The number of thioether (sulfide) groups is 2. The maximum atomic E-state index is 9.29. The molecule has 0 aromatic heterocycles. The smallest absolute Gasteiger partial charge is 0.149 e. The van der Waals surface area contributed by atoms with Crippen LogP contribution in [0, 0.1) is 22.7 Å².